The number of benzene rings is 3. The lowest BCUT2D eigenvalue weighted by Crippen LogP contribution is -2.32. The van der Waals surface area contributed by atoms with E-state index < -0.39 is 0 Å². The number of rotatable bonds is 10. The maximum absolute atomic E-state index is 13.1. The molecule has 3 aromatic rings. The van der Waals surface area contributed by atoms with Crippen LogP contribution in [0.2, 0.25) is 0 Å². The van der Waals surface area contributed by atoms with E-state index in [2.05, 4.69) is 16.0 Å². The van der Waals surface area contributed by atoms with Gasteiger partial charge in [-0.3, -0.25) is 14.4 Å². The number of nitrogens with zero attached hydrogens (tertiary/aromatic N) is 1. The van der Waals surface area contributed by atoms with Crippen LogP contribution in [0, 0.1) is 0 Å². The first-order chi connectivity index (χ1) is 16.9. The van der Waals surface area contributed by atoms with Crippen LogP contribution < -0.4 is 20.9 Å². The molecular formula is C28H32N4O3. The third-order valence-corrected chi connectivity index (χ3v) is 5.59. The van der Waals surface area contributed by atoms with Crippen molar-refractivity contribution in [2.75, 3.05) is 28.6 Å². The van der Waals surface area contributed by atoms with Crippen LogP contribution in [-0.2, 0) is 4.79 Å². The number of hydrogen-bond donors (Lipinski definition) is 3. The molecule has 182 valence electrons. The van der Waals surface area contributed by atoms with E-state index >= 15 is 0 Å². The summed E-state index contributed by atoms with van der Waals surface area (Å²) in [6.07, 6.45) is 0.837. The molecule has 0 radical (unpaired) electrons. The summed E-state index contributed by atoms with van der Waals surface area (Å²) in [6.45, 7) is 6.43. The highest BCUT2D eigenvalue weighted by molar-refractivity contribution is 6.06. The molecule has 0 saturated carbocycles. The van der Waals surface area contributed by atoms with Gasteiger partial charge in [-0.1, -0.05) is 37.3 Å². The van der Waals surface area contributed by atoms with Crippen LogP contribution in [0.1, 0.15) is 47.9 Å². The van der Waals surface area contributed by atoms with E-state index in [1.807, 2.05) is 57.2 Å². The van der Waals surface area contributed by atoms with Crippen molar-refractivity contribution in [3.05, 3.63) is 90.0 Å². The van der Waals surface area contributed by atoms with E-state index in [1.165, 1.54) is 0 Å². The highest BCUT2D eigenvalue weighted by Crippen LogP contribution is 2.19. The average molecular weight is 473 g/mol. The molecule has 7 heteroatoms. The number of carbonyl (C=O) groups is 3. The van der Waals surface area contributed by atoms with Gasteiger partial charge in [0.2, 0.25) is 5.91 Å². The molecule has 0 heterocycles. The average Bonchev–Trinajstić information content (AvgIpc) is 2.88. The van der Waals surface area contributed by atoms with E-state index in [4.69, 9.17) is 0 Å². The van der Waals surface area contributed by atoms with Gasteiger partial charge in [0.15, 0.2) is 0 Å². The van der Waals surface area contributed by atoms with Gasteiger partial charge in [0, 0.05) is 40.8 Å². The smallest absolute Gasteiger partial charge is 0.258 e. The quantitative estimate of drug-likeness (QED) is 0.390. The highest BCUT2D eigenvalue weighted by Gasteiger charge is 2.16. The van der Waals surface area contributed by atoms with Crippen molar-refractivity contribution in [2.45, 2.75) is 33.2 Å². The molecule has 3 rings (SSSR count). The molecule has 0 aromatic heterocycles. The van der Waals surface area contributed by atoms with Crippen LogP contribution in [0.25, 0.3) is 0 Å². The predicted molar refractivity (Wildman–Crippen MR) is 141 cm³/mol. The summed E-state index contributed by atoms with van der Waals surface area (Å²) < 4.78 is 0. The topological polar surface area (TPSA) is 90.5 Å². The molecule has 0 aliphatic rings. The lowest BCUT2D eigenvalue weighted by Gasteiger charge is -2.21. The lowest BCUT2D eigenvalue weighted by atomic mass is 10.1. The second-order valence-corrected chi connectivity index (χ2v) is 8.23. The Morgan fingerprint density at radius 1 is 0.829 bits per heavy atom. The van der Waals surface area contributed by atoms with Gasteiger partial charge >= 0.3 is 0 Å². The van der Waals surface area contributed by atoms with Crippen LogP contribution in [-0.4, -0.2) is 36.9 Å². The summed E-state index contributed by atoms with van der Waals surface area (Å²) in [5.74, 6) is -0.549. The number of amides is 3. The Kier molecular flexibility index (Phi) is 9.01. The van der Waals surface area contributed by atoms with Crippen molar-refractivity contribution in [1.82, 2.24) is 5.32 Å². The molecule has 35 heavy (non-hydrogen) atoms. The van der Waals surface area contributed by atoms with Crippen LogP contribution in [0.4, 0.5) is 17.1 Å². The van der Waals surface area contributed by atoms with E-state index in [0.717, 1.165) is 12.1 Å². The van der Waals surface area contributed by atoms with Gasteiger partial charge in [0.05, 0.1) is 6.54 Å². The molecule has 0 spiro atoms. The first kappa shape index (κ1) is 25.5. The molecule has 7 nitrogen and oxygen atoms in total. The molecule has 0 bridgehead atoms. The molecule has 3 N–H and O–H groups in total. The molecule has 0 aliphatic carbocycles. The summed E-state index contributed by atoms with van der Waals surface area (Å²) in [5, 5.41) is 8.78. The van der Waals surface area contributed by atoms with Crippen molar-refractivity contribution in [2.24, 2.45) is 0 Å². The Morgan fingerprint density at radius 3 is 2.17 bits per heavy atom. The van der Waals surface area contributed by atoms with E-state index in [-0.39, 0.29) is 30.3 Å². The van der Waals surface area contributed by atoms with Gasteiger partial charge in [-0.05, 0) is 68.8 Å². The number of para-hydroxylation sites is 1. The molecule has 0 saturated heterocycles. The Morgan fingerprint density at radius 2 is 1.49 bits per heavy atom. The number of hydrogen-bond acceptors (Lipinski definition) is 4. The Labute approximate surface area is 206 Å². The van der Waals surface area contributed by atoms with Gasteiger partial charge in [-0.2, -0.15) is 0 Å². The van der Waals surface area contributed by atoms with Crippen LogP contribution in [0.3, 0.4) is 0 Å². The minimum Gasteiger partial charge on any atom is -0.376 e. The zero-order chi connectivity index (χ0) is 25.2. The van der Waals surface area contributed by atoms with E-state index in [0.29, 0.717) is 29.0 Å². The number of nitrogens with one attached hydrogen (secondary N) is 3. The zero-order valence-corrected chi connectivity index (χ0v) is 20.4. The van der Waals surface area contributed by atoms with Gasteiger partial charge in [-0.15, -0.1) is 0 Å². The third-order valence-electron chi connectivity index (χ3n) is 5.59. The largest absolute Gasteiger partial charge is 0.376 e. The van der Waals surface area contributed by atoms with Crippen LogP contribution in [0.15, 0.2) is 78.9 Å². The Bertz CT molecular complexity index is 1160. The molecule has 3 amide bonds. The summed E-state index contributed by atoms with van der Waals surface area (Å²) in [4.78, 5) is 39.6. The van der Waals surface area contributed by atoms with Crippen molar-refractivity contribution >= 4 is 34.8 Å². The molecule has 0 aliphatic heterocycles. The first-order valence-corrected chi connectivity index (χ1v) is 11.8. The Hall–Kier alpha value is -4.13. The summed E-state index contributed by atoms with van der Waals surface area (Å²) in [5.41, 5.74) is 3.05. The van der Waals surface area contributed by atoms with Gasteiger partial charge in [-0.25, -0.2) is 0 Å². The number of anilines is 3. The molecular weight excluding hydrogens is 440 g/mol. The molecule has 1 atom stereocenters. The number of carbonyl (C=O) groups excluding carboxylic acids is 3. The van der Waals surface area contributed by atoms with Crippen LogP contribution in [0.5, 0.6) is 0 Å². The Balaban J connectivity index is 1.60. The summed E-state index contributed by atoms with van der Waals surface area (Å²) in [7, 11) is 0. The van der Waals surface area contributed by atoms with Gasteiger partial charge in [0.1, 0.15) is 0 Å². The predicted octanol–water partition coefficient (Wildman–Crippen LogP) is 4.93. The molecule has 0 fully saturated rings. The maximum atomic E-state index is 13.1. The fourth-order valence-corrected chi connectivity index (χ4v) is 3.50. The fraction of sp³-hybridized carbons (Fsp3) is 0.250. The minimum absolute atomic E-state index is 0.0110. The van der Waals surface area contributed by atoms with Crippen molar-refractivity contribution in [3.63, 3.8) is 0 Å². The summed E-state index contributed by atoms with van der Waals surface area (Å²) in [6, 6.07) is 23.5. The SMILES string of the molecule is CCC(C)NC(=O)c1cccc(NC(=O)CNc2cccc(C(=O)N(CC)c3ccccc3)c2)c1. The van der Waals surface area contributed by atoms with Gasteiger partial charge in [0.25, 0.3) is 11.8 Å². The monoisotopic (exact) mass is 472 g/mol. The second-order valence-electron chi connectivity index (χ2n) is 8.23. The standard InChI is InChI=1S/C28H32N4O3/c1-4-20(3)30-27(34)21-11-9-14-24(17-21)31-26(33)19-29-23-13-10-12-22(18-23)28(35)32(5-2)25-15-7-6-8-16-25/h6-18,20,29H,4-5,19H2,1-3H3,(H,30,34)(H,31,33). The molecule has 1 unspecified atom stereocenters. The zero-order valence-electron chi connectivity index (χ0n) is 20.4. The van der Waals surface area contributed by atoms with Crippen molar-refractivity contribution < 1.29 is 14.4 Å². The van der Waals surface area contributed by atoms with Gasteiger partial charge < -0.3 is 20.9 Å². The second kappa shape index (κ2) is 12.4. The first-order valence-electron chi connectivity index (χ1n) is 11.8. The minimum atomic E-state index is -0.263. The fourth-order valence-electron chi connectivity index (χ4n) is 3.50. The van der Waals surface area contributed by atoms with E-state index in [9.17, 15) is 14.4 Å². The summed E-state index contributed by atoms with van der Waals surface area (Å²) >= 11 is 0. The molecule has 3 aromatic carbocycles. The van der Waals surface area contributed by atoms with Crippen molar-refractivity contribution in [3.8, 4) is 0 Å². The lowest BCUT2D eigenvalue weighted by molar-refractivity contribution is -0.114. The third kappa shape index (κ3) is 7.17. The maximum Gasteiger partial charge on any atom is 0.258 e. The normalized spacial score (nSPS) is 11.3. The van der Waals surface area contributed by atoms with E-state index in [1.54, 1.807) is 47.4 Å². The highest BCUT2D eigenvalue weighted by atomic mass is 16.2. The van der Waals surface area contributed by atoms with Crippen LogP contribution >= 0.6 is 0 Å². The van der Waals surface area contributed by atoms with Crippen molar-refractivity contribution in [1.29, 1.82) is 0 Å².